The van der Waals surface area contributed by atoms with Gasteiger partial charge in [-0.05, 0) is 32.3 Å². The summed E-state index contributed by atoms with van der Waals surface area (Å²) in [4.78, 5) is 12.1. The van der Waals surface area contributed by atoms with E-state index in [0.717, 1.165) is 0 Å². The molecule has 0 aromatic carbocycles. The normalized spacial score (nSPS) is 22.5. The Bertz CT molecular complexity index is 545. The van der Waals surface area contributed by atoms with Crippen LogP contribution in [0.3, 0.4) is 0 Å². The van der Waals surface area contributed by atoms with Crippen molar-refractivity contribution in [2.45, 2.75) is 32.7 Å². The maximum atomic E-state index is 12.1. The lowest BCUT2D eigenvalue weighted by Crippen LogP contribution is -2.16. The van der Waals surface area contributed by atoms with Crippen LogP contribution in [-0.2, 0) is 9.84 Å². The summed E-state index contributed by atoms with van der Waals surface area (Å²) in [7, 11) is -2.91. The number of carbonyl (C=O) groups is 1. The van der Waals surface area contributed by atoms with Crippen molar-refractivity contribution in [2.24, 2.45) is 5.92 Å². The lowest BCUT2D eigenvalue weighted by atomic mass is 10.0. The molecule has 0 spiro atoms. The molecule has 5 nitrogen and oxygen atoms in total. The Morgan fingerprint density at radius 3 is 2.83 bits per heavy atom. The highest BCUT2D eigenvalue weighted by Crippen LogP contribution is 2.23. The van der Waals surface area contributed by atoms with Crippen LogP contribution in [0.4, 0.5) is 0 Å². The van der Waals surface area contributed by atoms with Crippen LogP contribution in [0.1, 0.15) is 43.2 Å². The number of sulfone groups is 1. The predicted molar refractivity (Wildman–Crippen MR) is 68.3 cm³/mol. The Morgan fingerprint density at radius 2 is 2.28 bits per heavy atom. The minimum absolute atomic E-state index is 0.0108. The van der Waals surface area contributed by atoms with E-state index in [0.29, 0.717) is 18.5 Å². The number of aromatic nitrogens is 2. The SMILES string of the molecule is CC(C)n1nccc1C(=O)CC1CCS(=O)(=O)C1. The van der Waals surface area contributed by atoms with E-state index >= 15 is 0 Å². The van der Waals surface area contributed by atoms with Gasteiger partial charge in [0.2, 0.25) is 0 Å². The third-order valence-electron chi connectivity index (χ3n) is 3.25. The smallest absolute Gasteiger partial charge is 0.181 e. The number of rotatable bonds is 4. The maximum absolute atomic E-state index is 12.1. The number of nitrogens with zero attached hydrogens (tertiary/aromatic N) is 2. The highest BCUT2D eigenvalue weighted by molar-refractivity contribution is 7.91. The summed E-state index contributed by atoms with van der Waals surface area (Å²) in [6, 6.07) is 1.83. The molecule has 1 unspecified atom stereocenters. The van der Waals surface area contributed by atoms with Crippen LogP contribution in [0.5, 0.6) is 0 Å². The molecule has 1 fully saturated rings. The van der Waals surface area contributed by atoms with E-state index in [9.17, 15) is 13.2 Å². The van der Waals surface area contributed by atoms with Gasteiger partial charge in [-0.2, -0.15) is 5.10 Å². The Morgan fingerprint density at radius 1 is 1.56 bits per heavy atom. The van der Waals surface area contributed by atoms with E-state index in [1.807, 2.05) is 13.8 Å². The number of hydrogen-bond donors (Lipinski definition) is 0. The summed E-state index contributed by atoms with van der Waals surface area (Å²) in [5.41, 5.74) is 0.578. The van der Waals surface area contributed by atoms with Crippen LogP contribution < -0.4 is 0 Å². The minimum atomic E-state index is -2.91. The second kappa shape index (κ2) is 4.84. The van der Waals surface area contributed by atoms with Crippen molar-refractivity contribution in [1.82, 2.24) is 9.78 Å². The van der Waals surface area contributed by atoms with Gasteiger partial charge in [-0.1, -0.05) is 0 Å². The summed E-state index contributed by atoms with van der Waals surface area (Å²) in [6.45, 7) is 3.92. The molecule has 2 rings (SSSR count). The van der Waals surface area contributed by atoms with Crippen LogP contribution >= 0.6 is 0 Å². The zero-order valence-corrected chi connectivity index (χ0v) is 11.5. The summed E-state index contributed by atoms with van der Waals surface area (Å²) >= 11 is 0. The number of hydrogen-bond acceptors (Lipinski definition) is 4. The van der Waals surface area contributed by atoms with Gasteiger partial charge in [0.1, 0.15) is 5.69 Å². The van der Waals surface area contributed by atoms with Gasteiger partial charge in [0, 0.05) is 18.7 Å². The molecule has 1 atom stereocenters. The van der Waals surface area contributed by atoms with Gasteiger partial charge in [-0.3, -0.25) is 9.48 Å². The minimum Gasteiger partial charge on any atom is -0.292 e. The first-order valence-corrected chi connectivity index (χ1v) is 7.98. The van der Waals surface area contributed by atoms with Crippen molar-refractivity contribution >= 4 is 15.6 Å². The molecule has 0 aliphatic carbocycles. The van der Waals surface area contributed by atoms with Gasteiger partial charge in [0.25, 0.3) is 0 Å². The lowest BCUT2D eigenvalue weighted by Gasteiger charge is -2.11. The summed E-state index contributed by atoms with van der Waals surface area (Å²) in [5, 5.41) is 4.12. The van der Waals surface area contributed by atoms with Crippen LogP contribution in [-0.4, -0.2) is 35.5 Å². The number of carbonyl (C=O) groups excluding carboxylic acids is 1. The molecular weight excluding hydrogens is 252 g/mol. The summed E-state index contributed by atoms with van der Waals surface area (Å²) in [6.07, 6.45) is 2.51. The third kappa shape index (κ3) is 2.80. The third-order valence-corrected chi connectivity index (χ3v) is 5.08. The standard InChI is InChI=1S/C12H18N2O3S/c1-9(2)14-11(3-5-13-14)12(15)7-10-4-6-18(16,17)8-10/h3,5,9-10H,4,6-8H2,1-2H3. The van der Waals surface area contributed by atoms with Gasteiger partial charge in [-0.25, -0.2) is 8.42 Å². The highest BCUT2D eigenvalue weighted by Gasteiger charge is 2.30. The molecule has 0 radical (unpaired) electrons. The molecule has 1 aromatic heterocycles. The molecule has 0 amide bonds. The van der Waals surface area contributed by atoms with E-state index in [1.165, 1.54) is 0 Å². The fourth-order valence-corrected chi connectivity index (χ4v) is 4.21. The Labute approximate surface area is 107 Å². The van der Waals surface area contributed by atoms with E-state index < -0.39 is 9.84 Å². The van der Waals surface area contributed by atoms with Crippen molar-refractivity contribution in [3.8, 4) is 0 Å². The average molecular weight is 270 g/mol. The molecule has 1 aliphatic heterocycles. The maximum Gasteiger partial charge on any atom is 0.181 e. The molecule has 6 heteroatoms. The number of ketones is 1. The molecule has 18 heavy (non-hydrogen) atoms. The summed E-state index contributed by atoms with van der Waals surface area (Å²) < 4.78 is 24.4. The van der Waals surface area contributed by atoms with Gasteiger partial charge in [0.05, 0.1) is 11.5 Å². The first-order chi connectivity index (χ1) is 8.39. The van der Waals surface area contributed by atoms with Crippen LogP contribution in [0.25, 0.3) is 0 Å². The van der Waals surface area contributed by atoms with Gasteiger partial charge < -0.3 is 0 Å². The fourth-order valence-electron chi connectivity index (χ4n) is 2.35. The summed E-state index contributed by atoms with van der Waals surface area (Å²) in [5.74, 6) is 0.324. The lowest BCUT2D eigenvalue weighted by molar-refractivity contribution is 0.0953. The van der Waals surface area contributed by atoms with Gasteiger partial charge in [0.15, 0.2) is 15.6 Å². The van der Waals surface area contributed by atoms with Crippen molar-refractivity contribution in [3.63, 3.8) is 0 Å². The van der Waals surface area contributed by atoms with Crippen LogP contribution in [0.15, 0.2) is 12.3 Å². The first-order valence-electron chi connectivity index (χ1n) is 6.16. The molecule has 1 saturated heterocycles. The van der Waals surface area contributed by atoms with Crippen molar-refractivity contribution in [1.29, 1.82) is 0 Å². The highest BCUT2D eigenvalue weighted by atomic mass is 32.2. The Hall–Kier alpha value is -1.17. The molecule has 0 saturated carbocycles. The number of Topliss-reactive ketones (excluding diaryl/α,β-unsaturated/α-hetero) is 1. The fraction of sp³-hybridized carbons (Fsp3) is 0.667. The van der Waals surface area contributed by atoms with Gasteiger partial charge >= 0.3 is 0 Å². The Kier molecular flexibility index (Phi) is 3.56. The molecule has 100 valence electrons. The van der Waals surface area contributed by atoms with E-state index in [1.54, 1.807) is 16.9 Å². The zero-order valence-electron chi connectivity index (χ0n) is 10.7. The van der Waals surface area contributed by atoms with E-state index in [2.05, 4.69) is 5.10 Å². The Balaban J connectivity index is 2.07. The quantitative estimate of drug-likeness (QED) is 0.777. The monoisotopic (exact) mass is 270 g/mol. The topological polar surface area (TPSA) is 69.0 Å². The molecule has 1 aromatic rings. The van der Waals surface area contributed by atoms with Crippen molar-refractivity contribution in [3.05, 3.63) is 18.0 Å². The zero-order chi connectivity index (χ0) is 13.3. The van der Waals surface area contributed by atoms with Gasteiger partial charge in [-0.15, -0.1) is 0 Å². The van der Waals surface area contributed by atoms with Crippen molar-refractivity contribution < 1.29 is 13.2 Å². The van der Waals surface area contributed by atoms with E-state index in [4.69, 9.17) is 0 Å². The molecule has 0 bridgehead atoms. The molecule has 1 aliphatic rings. The average Bonchev–Trinajstić information content (AvgIpc) is 2.84. The van der Waals surface area contributed by atoms with Crippen LogP contribution in [0, 0.1) is 5.92 Å². The molecule has 0 N–H and O–H groups in total. The second-order valence-electron chi connectivity index (χ2n) is 5.15. The van der Waals surface area contributed by atoms with Crippen LogP contribution in [0.2, 0.25) is 0 Å². The largest absolute Gasteiger partial charge is 0.292 e. The molecular formula is C12H18N2O3S. The second-order valence-corrected chi connectivity index (χ2v) is 7.38. The predicted octanol–water partition coefficient (Wildman–Crippen LogP) is 1.47. The van der Waals surface area contributed by atoms with E-state index in [-0.39, 0.29) is 29.2 Å². The van der Waals surface area contributed by atoms with Crippen molar-refractivity contribution in [2.75, 3.05) is 11.5 Å². The first kappa shape index (κ1) is 13.3. The molecule has 2 heterocycles.